The summed E-state index contributed by atoms with van der Waals surface area (Å²) in [5.74, 6) is 3.30. The van der Waals surface area contributed by atoms with Crippen molar-refractivity contribution < 1.29 is 14.2 Å². The van der Waals surface area contributed by atoms with Crippen LogP contribution in [0.3, 0.4) is 0 Å². The van der Waals surface area contributed by atoms with Gasteiger partial charge in [0.15, 0.2) is 17.4 Å². The van der Waals surface area contributed by atoms with Crippen LogP contribution in [0.1, 0.15) is 103 Å². The van der Waals surface area contributed by atoms with E-state index in [-0.39, 0.29) is 5.60 Å². The Bertz CT molecular complexity index is 1360. The molecule has 46 heavy (non-hydrogen) atoms. The number of piperidine rings is 1. The minimum Gasteiger partial charge on any atom is -0.493 e. The van der Waals surface area contributed by atoms with Crippen LogP contribution in [0.2, 0.25) is 0 Å². The Hall–Kier alpha value is -3.54. The van der Waals surface area contributed by atoms with Crippen molar-refractivity contribution in [2.24, 2.45) is 0 Å². The first-order valence-corrected chi connectivity index (χ1v) is 17.6. The molecule has 0 bridgehead atoms. The second kappa shape index (κ2) is 16.3. The Labute approximate surface area is 279 Å². The number of likely N-dealkylation sites (tertiary alicyclic amines) is 1. The van der Waals surface area contributed by atoms with Crippen molar-refractivity contribution in [2.75, 3.05) is 45.3 Å². The fourth-order valence-corrected chi connectivity index (χ4v) is 6.57. The molecule has 2 fully saturated rings. The first-order valence-electron chi connectivity index (χ1n) is 17.6. The molecule has 1 saturated carbocycles. The number of aryl methyl sites for hydroxylation is 1. The maximum Gasteiger partial charge on any atom is 0.185 e. The van der Waals surface area contributed by atoms with Gasteiger partial charge < -0.3 is 29.3 Å². The zero-order valence-corrected chi connectivity index (χ0v) is 30.0. The molecule has 0 amide bonds. The third-order valence-electron chi connectivity index (χ3n) is 9.09. The summed E-state index contributed by atoms with van der Waals surface area (Å²) in [5, 5.41) is 3.59. The average Bonchev–Trinajstić information content (AvgIpc) is 3.03. The van der Waals surface area contributed by atoms with Gasteiger partial charge >= 0.3 is 0 Å². The average molecular weight is 630 g/mol. The van der Waals surface area contributed by atoms with Gasteiger partial charge in [-0.1, -0.05) is 51.0 Å². The van der Waals surface area contributed by atoms with E-state index < -0.39 is 0 Å². The molecular formula is C40H59N3O3. The molecule has 2 aromatic carbocycles. The Morgan fingerprint density at radius 2 is 1.70 bits per heavy atom. The topological polar surface area (TPSA) is 46.2 Å². The SMILES string of the molecule is CC.CC/C=C(\OC(C)(C)C)N1CCC(N(CC2=CNCC(c3cc(OC)c(OC)c(C4CCC4)c3)=C2)c2ccc(C)cc2)CC1. The van der Waals surface area contributed by atoms with E-state index in [0.29, 0.717) is 12.0 Å². The standard InChI is InChI=1S/C38H53N3O3.C2H6/c1-8-10-36(44-38(3,4)5)40-19-17-33(18-20-40)41(32-15-13-27(2)14-16-32)26-28-21-31(25-39-24-28)30-22-34(29-11-9-12-29)37(43-7)35(23-30)42-6;1-2/h10,13-16,21-24,29,33,39H,8-9,11-12,17-20,25-26H2,1-7H3;1-2H3/b36-10-;. The molecule has 1 aliphatic carbocycles. The highest BCUT2D eigenvalue weighted by atomic mass is 16.5. The quantitative estimate of drug-likeness (QED) is 0.250. The number of methoxy groups -OCH3 is 2. The van der Waals surface area contributed by atoms with Crippen LogP contribution >= 0.6 is 0 Å². The van der Waals surface area contributed by atoms with Crippen molar-refractivity contribution in [3.8, 4) is 11.5 Å². The molecule has 0 aromatic heterocycles. The van der Waals surface area contributed by atoms with Gasteiger partial charge in [0.2, 0.25) is 0 Å². The van der Waals surface area contributed by atoms with Gasteiger partial charge in [-0.15, -0.1) is 0 Å². The number of dihydropyridines is 1. The molecule has 3 aliphatic rings. The molecule has 2 aromatic rings. The second-order valence-corrected chi connectivity index (χ2v) is 13.5. The zero-order valence-electron chi connectivity index (χ0n) is 30.0. The maximum absolute atomic E-state index is 6.38. The van der Waals surface area contributed by atoms with Gasteiger partial charge in [-0.2, -0.15) is 0 Å². The van der Waals surface area contributed by atoms with Gasteiger partial charge in [-0.05, 0) is 113 Å². The predicted octanol–water partition coefficient (Wildman–Crippen LogP) is 9.21. The highest BCUT2D eigenvalue weighted by molar-refractivity contribution is 5.74. The number of anilines is 1. The fourth-order valence-electron chi connectivity index (χ4n) is 6.57. The van der Waals surface area contributed by atoms with Crippen molar-refractivity contribution >= 4 is 11.3 Å². The molecule has 0 atom stereocenters. The molecular weight excluding hydrogens is 570 g/mol. The zero-order chi connectivity index (χ0) is 33.3. The lowest BCUT2D eigenvalue weighted by Crippen LogP contribution is -2.46. The maximum atomic E-state index is 6.38. The number of rotatable bonds is 11. The number of benzene rings is 2. The number of nitrogens with zero attached hydrogens (tertiary/aromatic N) is 2. The molecule has 1 saturated heterocycles. The highest BCUT2D eigenvalue weighted by Gasteiger charge is 2.29. The summed E-state index contributed by atoms with van der Waals surface area (Å²) < 4.78 is 18.0. The van der Waals surface area contributed by atoms with E-state index in [0.717, 1.165) is 62.8 Å². The minimum atomic E-state index is -0.206. The molecule has 6 nitrogen and oxygen atoms in total. The molecule has 0 spiro atoms. The van der Waals surface area contributed by atoms with Crippen LogP contribution in [0.4, 0.5) is 5.69 Å². The summed E-state index contributed by atoms with van der Waals surface area (Å²) in [6.07, 6.45) is 13.7. The lowest BCUT2D eigenvalue weighted by Gasteiger charge is -2.42. The third kappa shape index (κ3) is 8.83. The van der Waals surface area contributed by atoms with Crippen LogP contribution in [-0.4, -0.2) is 56.9 Å². The van der Waals surface area contributed by atoms with E-state index in [9.17, 15) is 0 Å². The first kappa shape index (κ1) is 35.3. The summed E-state index contributed by atoms with van der Waals surface area (Å²) in [4.78, 5) is 5.06. The second-order valence-electron chi connectivity index (χ2n) is 13.5. The number of ether oxygens (including phenoxy) is 3. The van der Waals surface area contributed by atoms with Gasteiger partial charge in [0.1, 0.15) is 5.60 Å². The van der Waals surface area contributed by atoms with Crippen LogP contribution in [0.5, 0.6) is 11.5 Å². The van der Waals surface area contributed by atoms with Gasteiger partial charge in [-0.3, -0.25) is 0 Å². The third-order valence-corrected chi connectivity index (χ3v) is 9.09. The van der Waals surface area contributed by atoms with Gasteiger partial charge in [-0.25, -0.2) is 0 Å². The van der Waals surface area contributed by atoms with E-state index in [1.54, 1.807) is 14.2 Å². The summed E-state index contributed by atoms with van der Waals surface area (Å²) >= 11 is 0. The smallest absolute Gasteiger partial charge is 0.185 e. The predicted molar refractivity (Wildman–Crippen MR) is 194 cm³/mol. The molecule has 1 N–H and O–H groups in total. The Morgan fingerprint density at radius 1 is 1.00 bits per heavy atom. The van der Waals surface area contributed by atoms with Crippen molar-refractivity contribution in [3.05, 3.63) is 82.9 Å². The number of hydrogen-bond donors (Lipinski definition) is 1. The molecule has 0 radical (unpaired) electrons. The fraction of sp³-hybridized carbons (Fsp3) is 0.550. The highest BCUT2D eigenvalue weighted by Crippen LogP contribution is 2.46. The van der Waals surface area contributed by atoms with Gasteiger partial charge in [0, 0.05) is 49.7 Å². The molecule has 0 unspecified atom stereocenters. The van der Waals surface area contributed by atoms with Crippen LogP contribution in [0.15, 0.2) is 66.2 Å². The molecule has 6 heteroatoms. The van der Waals surface area contributed by atoms with Crippen molar-refractivity contribution in [1.29, 1.82) is 0 Å². The van der Waals surface area contributed by atoms with E-state index in [2.05, 4.69) is 104 Å². The monoisotopic (exact) mass is 629 g/mol. The normalized spacial score (nSPS) is 17.5. The number of allylic oxidation sites excluding steroid dienone is 1. The first-order chi connectivity index (χ1) is 22.2. The molecule has 2 heterocycles. The van der Waals surface area contributed by atoms with Crippen LogP contribution in [0, 0.1) is 6.92 Å². The number of hydrogen-bond acceptors (Lipinski definition) is 6. The Morgan fingerprint density at radius 3 is 2.26 bits per heavy atom. The van der Waals surface area contributed by atoms with E-state index in [1.807, 2.05) is 13.8 Å². The van der Waals surface area contributed by atoms with E-state index in [1.165, 1.54) is 52.8 Å². The van der Waals surface area contributed by atoms with E-state index in [4.69, 9.17) is 14.2 Å². The van der Waals surface area contributed by atoms with E-state index >= 15 is 0 Å². The molecule has 5 rings (SSSR count). The van der Waals surface area contributed by atoms with Crippen LogP contribution < -0.4 is 19.7 Å². The summed E-state index contributed by atoms with van der Waals surface area (Å²) in [5.41, 5.74) is 7.44. The van der Waals surface area contributed by atoms with Crippen LogP contribution in [0.25, 0.3) is 5.57 Å². The van der Waals surface area contributed by atoms with Gasteiger partial charge in [0.05, 0.1) is 14.2 Å². The van der Waals surface area contributed by atoms with Crippen molar-refractivity contribution in [2.45, 2.75) is 105 Å². The molecule has 252 valence electrons. The lowest BCUT2D eigenvalue weighted by atomic mass is 9.78. The summed E-state index contributed by atoms with van der Waals surface area (Å²) in [6, 6.07) is 14.0. The van der Waals surface area contributed by atoms with Gasteiger partial charge in [0.25, 0.3) is 0 Å². The molecule has 2 aliphatic heterocycles. The lowest BCUT2D eigenvalue weighted by molar-refractivity contribution is -0.00484. The Balaban J connectivity index is 0.00000235. The summed E-state index contributed by atoms with van der Waals surface area (Å²) in [6.45, 7) is 18.4. The minimum absolute atomic E-state index is 0.206. The number of nitrogens with one attached hydrogen (secondary N) is 1. The van der Waals surface area contributed by atoms with Crippen molar-refractivity contribution in [1.82, 2.24) is 10.2 Å². The largest absolute Gasteiger partial charge is 0.493 e. The van der Waals surface area contributed by atoms with Crippen molar-refractivity contribution in [3.63, 3.8) is 0 Å². The summed E-state index contributed by atoms with van der Waals surface area (Å²) in [7, 11) is 3.50. The Kier molecular flexibility index (Phi) is 12.5. The van der Waals surface area contributed by atoms with Crippen LogP contribution in [-0.2, 0) is 4.74 Å².